The van der Waals surface area contributed by atoms with Gasteiger partial charge in [-0.1, -0.05) is 24.3 Å². The Balaban J connectivity index is 1.61. The molecular formula is C29H35FN6O2. The molecule has 8 nitrogen and oxygen atoms in total. The number of halogens is 1. The first-order valence-corrected chi connectivity index (χ1v) is 13.1. The summed E-state index contributed by atoms with van der Waals surface area (Å²) in [6.45, 7) is 6.45. The van der Waals surface area contributed by atoms with Crippen molar-refractivity contribution in [2.45, 2.75) is 37.8 Å². The van der Waals surface area contributed by atoms with Crippen LogP contribution in [0.25, 0.3) is 22.8 Å². The Bertz CT molecular complexity index is 1430. The van der Waals surface area contributed by atoms with Crippen LogP contribution in [0.5, 0.6) is 11.8 Å². The van der Waals surface area contributed by atoms with E-state index >= 15 is 4.39 Å². The third kappa shape index (κ3) is 5.79. The highest BCUT2D eigenvalue weighted by molar-refractivity contribution is 5.87. The number of aliphatic imine (C=N–C) groups is 1. The van der Waals surface area contributed by atoms with E-state index in [2.05, 4.69) is 31.8 Å². The molecule has 0 amide bonds. The molecule has 2 aliphatic heterocycles. The predicted molar refractivity (Wildman–Crippen MR) is 150 cm³/mol. The quantitative estimate of drug-likeness (QED) is 0.332. The third-order valence-electron chi connectivity index (χ3n) is 7.16. The van der Waals surface area contributed by atoms with Crippen LogP contribution >= 0.6 is 0 Å². The molecule has 2 unspecified atom stereocenters. The van der Waals surface area contributed by atoms with Gasteiger partial charge in [-0.15, -0.1) is 0 Å². The zero-order valence-corrected chi connectivity index (χ0v) is 22.0. The maximum Gasteiger partial charge on any atom is 0.319 e. The van der Waals surface area contributed by atoms with E-state index in [4.69, 9.17) is 9.72 Å². The topological polar surface area (TPSA) is 86.1 Å². The number of hydrogen-bond acceptors (Lipinski definition) is 8. The highest BCUT2D eigenvalue weighted by Crippen LogP contribution is 2.27. The van der Waals surface area contributed by atoms with E-state index in [0.29, 0.717) is 35.3 Å². The molecule has 0 radical (unpaired) electrons. The maximum absolute atomic E-state index is 16.2. The number of piperazine rings is 1. The summed E-state index contributed by atoms with van der Waals surface area (Å²) in [5.74, 6) is 0.255. The summed E-state index contributed by atoms with van der Waals surface area (Å²) >= 11 is 0. The van der Waals surface area contributed by atoms with Crippen molar-refractivity contribution in [3.05, 3.63) is 52.5 Å². The molecule has 2 fully saturated rings. The summed E-state index contributed by atoms with van der Waals surface area (Å²) < 4.78 is 22.2. The number of aromatic nitrogens is 2. The lowest BCUT2D eigenvalue weighted by molar-refractivity contribution is 0.262. The highest BCUT2D eigenvalue weighted by Gasteiger charge is 2.33. The van der Waals surface area contributed by atoms with Crippen molar-refractivity contribution in [1.82, 2.24) is 20.2 Å². The number of ether oxygens (including phenoxy) is 1. The summed E-state index contributed by atoms with van der Waals surface area (Å²) in [5.41, 5.74) is 0.671. The van der Waals surface area contributed by atoms with Gasteiger partial charge in [0.25, 0.3) is 0 Å². The fraction of sp³-hybridized carbons (Fsp3) is 0.414. The Hall–Kier alpha value is -3.56. The average Bonchev–Trinajstić information content (AvgIpc) is 3.24. The van der Waals surface area contributed by atoms with Gasteiger partial charge in [0.05, 0.1) is 11.8 Å². The number of nitrogens with one attached hydrogen (secondary N) is 1. The molecule has 0 spiro atoms. The van der Waals surface area contributed by atoms with Crippen molar-refractivity contribution in [2.24, 2.45) is 4.99 Å². The van der Waals surface area contributed by atoms with Gasteiger partial charge >= 0.3 is 6.01 Å². The molecule has 3 heterocycles. The lowest BCUT2D eigenvalue weighted by atomic mass is 10.0. The van der Waals surface area contributed by atoms with Gasteiger partial charge in [-0.05, 0) is 68.5 Å². The molecular weight excluding hydrogens is 483 g/mol. The van der Waals surface area contributed by atoms with Crippen LogP contribution in [0.1, 0.15) is 24.8 Å². The molecule has 38 heavy (non-hydrogen) atoms. The summed E-state index contributed by atoms with van der Waals surface area (Å²) in [6.07, 6.45) is 4.50. The van der Waals surface area contributed by atoms with E-state index in [1.165, 1.54) is 6.20 Å². The van der Waals surface area contributed by atoms with Gasteiger partial charge in [-0.3, -0.25) is 4.99 Å². The van der Waals surface area contributed by atoms with Crippen LogP contribution in [0.4, 0.5) is 10.2 Å². The molecule has 3 aromatic rings. The van der Waals surface area contributed by atoms with Crippen LogP contribution in [0.2, 0.25) is 0 Å². The van der Waals surface area contributed by atoms with E-state index in [9.17, 15) is 5.11 Å². The molecule has 0 saturated carbocycles. The minimum atomic E-state index is -0.449. The molecule has 0 aliphatic carbocycles. The first-order chi connectivity index (χ1) is 18.4. The number of benzene rings is 2. The molecule has 2 N–H and O–H groups in total. The van der Waals surface area contributed by atoms with Crippen LogP contribution in [0, 0.1) is 0 Å². The van der Waals surface area contributed by atoms with Crippen LogP contribution in [-0.4, -0.2) is 79.1 Å². The number of anilines is 1. The second-order valence-electron chi connectivity index (χ2n) is 10.4. The average molecular weight is 519 g/mol. The molecule has 1 aromatic heterocycles. The molecule has 2 bridgehead atoms. The van der Waals surface area contributed by atoms with Gasteiger partial charge in [-0.25, -0.2) is 4.39 Å². The van der Waals surface area contributed by atoms with Crippen molar-refractivity contribution >= 4 is 35.3 Å². The standard InChI is InChI=1S/C29H35FN6O2/c1-31-16-25-27(26(30)15-20-14-23(37)13-19-7-4-5-8-24(19)20)33-29(38-12-6-11-35(2)3)34-28(25)36-17-21-9-10-22(18-36)32-21/h4-5,7-8,13-14,16,21-22,32,37H,1,6,9-12,15,17-18H2,2-3H3/b25-16+,27-26-. The van der Waals surface area contributed by atoms with Gasteiger partial charge < -0.3 is 25.0 Å². The van der Waals surface area contributed by atoms with Gasteiger partial charge in [0.1, 0.15) is 22.7 Å². The first kappa shape index (κ1) is 26.1. The zero-order chi connectivity index (χ0) is 26.6. The number of phenolic OH excluding ortho intramolecular Hbond substituents is 1. The number of fused-ring (bicyclic) bond motifs is 3. The molecule has 200 valence electrons. The van der Waals surface area contributed by atoms with Crippen molar-refractivity contribution < 1.29 is 14.2 Å². The van der Waals surface area contributed by atoms with E-state index in [0.717, 1.165) is 49.7 Å². The van der Waals surface area contributed by atoms with Crippen molar-refractivity contribution in [3.8, 4) is 11.8 Å². The fourth-order valence-corrected chi connectivity index (χ4v) is 5.44. The second-order valence-corrected chi connectivity index (χ2v) is 10.4. The Morgan fingerprint density at radius 2 is 2.00 bits per heavy atom. The largest absolute Gasteiger partial charge is 0.508 e. The van der Waals surface area contributed by atoms with Crippen molar-refractivity contribution in [2.75, 3.05) is 45.2 Å². The van der Waals surface area contributed by atoms with Crippen LogP contribution in [0.15, 0.2) is 41.4 Å². The van der Waals surface area contributed by atoms with Crippen molar-refractivity contribution in [3.63, 3.8) is 0 Å². The van der Waals surface area contributed by atoms with Gasteiger partial charge in [-0.2, -0.15) is 9.97 Å². The Labute approximate surface area is 222 Å². The van der Waals surface area contributed by atoms with Gasteiger partial charge in [0.15, 0.2) is 0 Å². The number of nitrogens with zero attached hydrogens (tertiary/aromatic N) is 5. The fourth-order valence-electron chi connectivity index (χ4n) is 5.44. The monoisotopic (exact) mass is 518 g/mol. The molecule has 9 heteroatoms. The number of aromatic hydroxyl groups is 1. The molecule has 2 aromatic carbocycles. The zero-order valence-electron chi connectivity index (χ0n) is 22.0. The van der Waals surface area contributed by atoms with Gasteiger partial charge in [0.2, 0.25) is 0 Å². The Morgan fingerprint density at radius 3 is 2.74 bits per heavy atom. The maximum atomic E-state index is 16.2. The summed E-state index contributed by atoms with van der Waals surface area (Å²) in [7, 11) is 4.02. The summed E-state index contributed by atoms with van der Waals surface area (Å²) in [5, 5.41) is 16.3. The predicted octanol–water partition coefficient (Wildman–Crippen LogP) is 2.37. The molecule has 2 atom stereocenters. The summed E-state index contributed by atoms with van der Waals surface area (Å²) in [4.78, 5) is 17.5. The van der Waals surface area contributed by atoms with E-state index < -0.39 is 5.83 Å². The lowest BCUT2D eigenvalue weighted by Gasteiger charge is -2.34. The van der Waals surface area contributed by atoms with Crippen LogP contribution < -0.4 is 25.5 Å². The highest BCUT2D eigenvalue weighted by atomic mass is 19.1. The lowest BCUT2D eigenvalue weighted by Crippen LogP contribution is -2.53. The van der Waals surface area contributed by atoms with Gasteiger partial charge in [0, 0.05) is 44.3 Å². The third-order valence-corrected chi connectivity index (χ3v) is 7.16. The van der Waals surface area contributed by atoms with Crippen LogP contribution in [0.3, 0.4) is 0 Å². The molecule has 5 rings (SSSR count). The minimum absolute atomic E-state index is 0.0454. The van der Waals surface area contributed by atoms with E-state index in [-0.39, 0.29) is 23.5 Å². The molecule has 2 aliphatic rings. The van der Waals surface area contributed by atoms with Crippen molar-refractivity contribution in [1.29, 1.82) is 0 Å². The number of hydrogen-bond donors (Lipinski definition) is 2. The normalized spacial score (nSPS) is 20.3. The number of rotatable bonds is 9. The Morgan fingerprint density at radius 1 is 1.24 bits per heavy atom. The van der Waals surface area contributed by atoms with E-state index in [1.807, 2.05) is 38.4 Å². The summed E-state index contributed by atoms with van der Waals surface area (Å²) in [6, 6.07) is 11.8. The number of phenols is 1. The first-order valence-electron chi connectivity index (χ1n) is 13.1. The molecule has 2 saturated heterocycles. The smallest absolute Gasteiger partial charge is 0.319 e. The Kier molecular flexibility index (Phi) is 7.85. The SMILES string of the molecule is C=N/C=c1/c(N2CC3CCC(C2)N3)nc(OCCCN(C)C)n/c1=C(\F)Cc1cc(O)cc2ccccc12. The minimum Gasteiger partial charge on any atom is -0.508 e. The van der Waals surface area contributed by atoms with E-state index in [1.54, 1.807) is 12.1 Å². The second kappa shape index (κ2) is 11.4. The van der Waals surface area contributed by atoms with Crippen LogP contribution in [-0.2, 0) is 6.42 Å².